The number of carbonyl (C=O) groups excluding carboxylic acids is 1. The van der Waals surface area contributed by atoms with Crippen molar-refractivity contribution in [1.29, 1.82) is 0 Å². The summed E-state index contributed by atoms with van der Waals surface area (Å²) in [6, 6.07) is 12.7. The number of carboxylic acid groups (broad SMARTS) is 1. The van der Waals surface area contributed by atoms with Crippen LogP contribution in [0.15, 0.2) is 36.4 Å². The van der Waals surface area contributed by atoms with E-state index in [4.69, 9.17) is 15.0 Å². The van der Waals surface area contributed by atoms with Crippen LogP contribution in [0.5, 0.6) is 0 Å². The maximum absolute atomic E-state index is 11.7. The largest absolute Gasteiger partial charge is 0.483 e. The second-order valence-electron chi connectivity index (χ2n) is 9.60. The van der Waals surface area contributed by atoms with E-state index in [1.165, 1.54) is 45.9 Å². The standard InChI is InChI=1S/C19H26N2OS.C8H16.C2H6.CH2O2.CH4O/c1-5-20(4)12-11-15(2)21(14-22)18-13-19(23-16(18)3)17-9-7-6-8-10-17;1-7-3-5-8(2)6-4-7;1-2;2-1-3;1-2/h6-10,13-15H,5,11-12H2,1-4H3;7-8H,3-6H2,1-2H3;1-2H3;1H,(H,2,3);2H,1H3/p+1. The number of thiophene rings is 1. The number of hydrogen-bond donors (Lipinski definition) is 3. The predicted octanol–water partition coefficient (Wildman–Crippen LogP) is 6.17. The number of quaternary nitrogens is 1. The molecule has 1 heterocycles. The van der Waals surface area contributed by atoms with Crippen molar-refractivity contribution in [1.82, 2.24) is 0 Å². The summed E-state index contributed by atoms with van der Waals surface area (Å²) in [5.74, 6) is 2.04. The third kappa shape index (κ3) is 15.3. The van der Waals surface area contributed by atoms with Crippen molar-refractivity contribution in [2.24, 2.45) is 11.8 Å². The van der Waals surface area contributed by atoms with Crippen LogP contribution in [-0.2, 0) is 9.59 Å². The van der Waals surface area contributed by atoms with E-state index in [0.29, 0.717) is 0 Å². The molecule has 6 nitrogen and oxygen atoms in total. The Morgan fingerprint density at radius 3 is 1.95 bits per heavy atom. The first-order valence-electron chi connectivity index (χ1n) is 14.0. The van der Waals surface area contributed by atoms with Crippen LogP contribution in [0.2, 0.25) is 0 Å². The number of amides is 1. The van der Waals surface area contributed by atoms with Crippen LogP contribution < -0.4 is 9.80 Å². The van der Waals surface area contributed by atoms with Crippen LogP contribution in [0.1, 0.15) is 78.5 Å². The SMILES string of the molecule is CC.CC1CCC(C)CC1.CC[NH+](C)CCC(C)N(C=O)c1cc(-c2ccccc2)sc1C.CO.O=CO. The summed E-state index contributed by atoms with van der Waals surface area (Å²) in [5.41, 5.74) is 2.26. The number of carbonyl (C=O) groups is 2. The second-order valence-corrected chi connectivity index (χ2v) is 10.9. The highest BCUT2D eigenvalue weighted by Crippen LogP contribution is 2.36. The molecule has 218 valence electrons. The second kappa shape index (κ2) is 23.9. The Morgan fingerprint density at radius 1 is 1.05 bits per heavy atom. The van der Waals surface area contributed by atoms with Gasteiger partial charge in [-0.1, -0.05) is 83.7 Å². The first-order chi connectivity index (χ1) is 18.3. The lowest BCUT2D eigenvalue weighted by molar-refractivity contribution is -0.877. The minimum atomic E-state index is -0.250. The lowest BCUT2D eigenvalue weighted by atomic mass is 9.84. The van der Waals surface area contributed by atoms with E-state index >= 15 is 0 Å². The van der Waals surface area contributed by atoms with Gasteiger partial charge in [0.1, 0.15) is 0 Å². The summed E-state index contributed by atoms with van der Waals surface area (Å²) < 4.78 is 0. The van der Waals surface area contributed by atoms with Gasteiger partial charge in [-0.25, -0.2) is 0 Å². The zero-order valence-corrected chi connectivity index (χ0v) is 26.2. The summed E-state index contributed by atoms with van der Waals surface area (Å²) in [7, 11) is 3.20. The van der Waals surface area contributed by atoms with Gasteiger partial charge < -0.3 is 20.0 Å². The first kappa shape index (κ1) is 37.9. The minimum absolute atomic E-state index is 0.214. The summed E-state index contributed by atoms with van der Waals surface area (Å²) in [6.45, 7) is 17.1. The molecule has 0 spiro atoms. The molecule has 1 amide bonds. The van der Waals surface area contributed by atoms with E-state index in [2.05, 4.69) is 59.9 Å². The third-order valence-electron chi connectivity index (χ3n) is 6.71. The molecule has 38 heavy (non-hydrogen) atoms. The van der Waals surface area contributed by atoms with Gasteiger partial charge in [0.15, 0.2) is 0 Å². The van der Waals surface area contributed by atoms with Crippen LogP contribution in [0, 0.1) is 18.8 Å². The summed E-state index contributed by atoms with van der Waals surface area (Å²) >= 11 is 1.75. The summed E-state index contributed by atoms with van der Waals surface area (Å²) in [5, 5.41) is 13.9. The summed E-state index contributed by atoms with van der Waals surface area (Å²) in [6.07, 6.45) is 7.88. The number of aliphatic hydroxyl groups is 1. The molecular weight excluding hydrogens is 496 g/mol. The molecule has 1 aromatic heterocycles. The Bertz CT molecular complexity index is 811. The number of rotatable bonds is 8. The monoisotopic (exact) mass is 551 g/mol. The Kier molecular flexibility index (Phi) is 23.8. The maximum Gasteiger partial charge on any atom is 0.290 e. The molecule has 0 bridgehead atoms. The number of benzene rings is 1. The van der Waals surface area contributed by atoms with Crippen LogP contribution in [-0.4, -0.2) is 56.4 Å². The Hall–Kier alpha value is -2.22. The average molecular weight is 552 g/mol. The predicted molar refractivity (Wildman–Crippen MR) is 164 cm³/mol. The number of anilines is 1. The number of aliphatic hydroxyl groups excluding tert-OH is 1. The van der Waals surface area contributed by atoms with Gasteiger partial charge in [0.2, 0.25) is 6.41 Å². The van der Waals surface area contributed by atoms with E-state index in [-0.39, 0.29) is 12.5 Å². The molecule has 2 atom stereocenters. The Morgan fingerprint density at radius 2 is 1.53 bits per heavy atom. The molecule has 3 N–H and O–H groups in total. The zero-order valence-electron chi connectivity index (χ0n) is 25.4. The van der Waals surface area contributed by atoms with Gasteiger partial charge in [-0.2, -0.15) is 0 Å². The molecule has 0 aliphatic heterocycles. The smallest absolute Gasteiger partial charge is 0.290 e. The maximum atomic E-state index is 11.7. The molecule has 0 saturated heterocycles. The van der Waals surface area contributed by atoms with Crippen molar-refractivity contribution in [2.75, 3.05) is 32.1 Å². The highest BCUT2D eigenvalue weighted by Gasteiger charge is 2.19. The van der Waals surface area contributed by atoms with Crippen molar-refractivity contribution < 1.29 is 24.7 Å². The lowest BCUT2D eigenvalue weighted by Crippen LogP contribution is -3.08. The van der Waals surface area contributed by atoms with Crippen LogP contribution >= 0.6 is 11.3 Å². The lowest BCUT2D eigenvalue weighted by Gasteiger charge is -2.25. The number of hydrogen-bond acceptors (Lipinski definition) is 4. The molecule has 3 rings (SSSR count). The third-order valence-corrected chi connectivity index (χ3v) is 7.80. The molecule has 1 saturated carbocycles. The fraction of sp³-hybridized carbons (Fsp3) is 0.613. The highest BCUT2D eigenvalue weighted by molar-refractivity contribution is 7.16. The highest BCUT2D eigenvalue weighted by atomic mass is 32.1. The average Bonchev–Trinajstić information content (AvgIpc) is 3.34. The Labute approximate surface area is 236 Å². The minimum Gasteiger partial charge on any atom is -0.483 e. The van der Waals surface area contributed by atoms with Crippen molar-refractivity contribution in [2.45, 2.75) is 86.6 Å². The normalized spacial score (nSPS) is 17.2. The van der Waals surface area contributed by atoms with Crippen molar-refractivity contribution in [3.8, 4) is 10.4 Å². The molecular formula is C31H55N2O4S+. The van der Waals surface area contributed by atoms with Gasteiger partial charge in [0, 0.05) is 29.3 Å². The van der Waals surface area contributed by atoms with Gasteiger partial charge in [-0.15, -0.1) is 11.3 Å². The molecule has 1 aliphatic rings. The van der Waals surface area contributed by atoms with Crippen molar-refractivity contribution in [3.05, 3.63) is 41.3 Å². The number of nitrogens with one attached hydrogen (secondary N) is 1. The molecule has 1 fully saturated rings. The Balaban J connectivity index is 0. The van der Waals surface area contributed by atoms with Gasteiger partial charge >= 0.3 is 0 Å². The van der Waals surface area contributed by atoms with E-state index in [0.717, 1.165) is 50.6 Å². The van der Waals surface area contributed by atoms with E-state index < -0.39 is 0 Å². The van der Waals surface area contributed by atoms with Gasteiger partial charge in [-0.05, 0) is 44.2 Å². The fourth-order valence-corrected chi connectivity index (χ4v) is 5.09. The molecule has 2 aromatic rings. The molecule has 1 aromatic carbocycles. The van der Waals surface area contributed by atoms with Gasteiger partial charge in [-0.3, -0.25) is 9.59 Å². The molecule has 2 unspecified atom stereocenters. The van der Waals surface area contributed by atoms with E-state index in [9.17, 15) is 4.79 Å². The molecule has 0 radical (unpaired) electrons. The fourth-order valence-electron chi connectivity index (χ4n) is 4.07. The quantitative estimate of drug-likeness (QED) is 0.343. The molecule has 7 heteroatoms. The van der Waals surface area contributed by atoms with E-state index in [1.54, 1.807) is 11.3 Å². The van der Waals surface area contributed by atoms with Crippen molar-refractivity contribution in [3.63, 3.8) is 0 Å². The first-order valence-corrected chi connectivity index (χ1v) is 14.8. The van der Waals surface area contributed by atoms with Crippen molar-refractivity contribution >= 4 is 29.9 Å². The van der Waals surface area contributed by atoms with Crippen LogP contribution in [0.3, 0.4) is 0 Å². The molecule has 1 aliphatic carbocycles. The zero-order chi connectivity index (χ0) is 29.5. The topological polar surface area (TPSA) is 82.3 Å². The summed E-state index contributed by atoms with van der Waals surface area (Å²) in [4.78, 5) is 25.8. The number of nitrogens with zero attached hydrogens (tertiary/aromatic N) is 1. The van der Waals surface area contributed by atoms with Gasteiger partial charge in [0.05, 0.1) is 25.8 Å². The van der Waals surface area contributed by atoms with Crippen LogP contribution in [0.25, 0.3) is 10.4 Å². The number of aryl methyl sites for hydroxylation is 1. The van der Waals surface area contributed by atoms with Crippen LogP contribution in [0.4, 0.5) is 5.69 Å². The van der Waals surface area contributed by atoms with E-state index in [1.807, 2.05) is 36.9 Å². The van der Waals surface area contributed by atoms with Gasteiger partial charge in [0.25, 0.3) is 6.47 Å².